The maximum absolute atomic E-state index is 10.6. The molecule has 0 aliphatic rings. The summed E-state index contributed by atoms with van der Waals surface area (Å²) in [6.07, 6.45) is 0.321. The first-order valence-electron chi connectivity index (χ1n) is 5.61. The van der Waals surface area contributed by atoms with E-state index in [9.17, 15) is 4.79 Å². The molecule has 0 spiro atoms. The number of carbonyl (C=O) groups is 1. The third-order valence-corrected chi connectivity index (χ3v) is 2.61. The predicted octanol–water partition coefficient (Wildman–Crippen LogP) is 0.0545. The van der Waals surface area contributed by atoms with Gasteiger partial charge in [-0.25, -0.2) is 0 Å². The number of aryl methyl sites for hydroxylation is 1. The van der Waals surface area contributed by atoms with Gasteiger partial charge in [0.1, 0.15) is 0 Å². The minimum absolute atomic E-state index is 0.0892. The van der Waals surface area contributed by atoms with Crippen LogP contribution in [0, 0.1) is 6.92 Å². The van der Waals surface area contributed by atoms with E-state index in [1.807, 2.05) is 19.1 Å². The van der Waals surface area contributed by atoms with Crippen molar-refractivity contribution in [3.05, 3.63) is 34.9 Å². The zero-order chi connectivity index (χ0) is 13.5. The van der Waals surface area contributed by atoms with E-state index in [1.54, 1.807) is 6.07 Å². The van der Waals surface area contributed by atoms with E-state index < -0.39 is 0 Å². The summed E-state index contributed by atoms with van der Waals surface area (Å²) in [5.41, 5.74) is 13.3. The van der Waals surface area contributed by atoms with Gasteiger partial charge in [0.05, 0.1) is 0 Å². The molecule has 1 aromatic rings. The normalized spacial score (nSPS) is 11.5. The molecule has 6 nitrogen and oxygen atoms in total. The van der Waals surface area contributed by atoms with Gasteiger partial charge >= 0.3 is 0 Å². The molecule has 98 valence electrons. The molecule has 18 heavy (non-hydrogen) atoms. The minimum Gasteiger partial charge on any atom is -0.409 e. The van der Waals surface area contributed by atoms with Gasteiger partial charge in [0.15, 0.2) is 5.84 Å². The van der Waals surface area contributed by atoms with Crippen molar-refractivity contribution in [2.24, 2.45) is 16.6 Å². The fraction of sp³-hybridized carbons (Fsp3) is 0.333. The van der Waals surface area contributed by atoms with Crippen molar-refractivity contribution in [3.63, 3.8) is 0 Å². The van der Waals surface area contributed by atoms with Gasteiger partial charge in [0, 0.05) is 25.1 Å². The van der Waals surface area contributed by atoms with Crippen LogP contribution in [0.2, 0.25) is 0 Å². The highest BCUT2D eigenvalue weighted by molar-refractivity contribution is 5.97. The van der Waals surface area contributed by atoms with Crippen molar-refractivity contribution in [1.82, 2.24) is 5.32 Å². The average Bonchev–Trinajstić information content (AvgIpc) is 2.34. The molecular formula is C12H18N4O2. The number of carbonyl (C=O) groups excluding carboxylic acids is 1. The fourth-order valence-corrected chi connectivity index (χ4v) is 1.55. The molecule has 1 rings (SSSR count). The number of nitrogens with zero attached hydrogens (tertiary/aromatic N) is 1. The van der Waals surface area contributed by atoms with Crippen molar-refractivity contribution in [2.75, 3.05) is 6.54 Å². The molecule has 6 heteroatoms. The monoisotopic (exact) mass is 250 g/mol. The first-order chi connectivity index (χ1) is 8.54. The van der Waals surface area contributed by atoms with Crippen LogP contribution in [0.15, 0.2) is 23.4 Å². The molecule has 0 bridgehead atoms. The fourth-order valence-electron chi connectivity index (χ4n) is 1.55. The summed E-state index contributed by atoms with van der Waals surface area (Å²) in [6, 6.07) is 5.53. The van der Waals surface area contributed by atoms with E-state index in [-0.39, 0.29) is 11.7 Å². The summed E-state index contributed by atoms with van der Waals surface area (Å²) in [6.45, 7) is 3.14. The third kappa shape index (κ3) is 4.06. The summed E-state index contributed by atoms with van der Waals surface area (Å²) in [5.74, 6) is -0.229. The van der Waals surface area contributed by atoms with Crippen LogP contribution in [0.3, 0.4) is 0 Å². The smallest absolute Gasteiger partial charge is 0.218 e. The third-order valence-electron chi connectivity index (χ3n) is 2.61. The van der Waals surface area contributed by atoms with Crippen LogP contribution in [0.5, 0.6) is 0 Å². The number of oxime groups is 1. The van der Waals surface area contributed by atoms with Crippen molar-refractivity contribution in [2.45, 2.75) is 19.9 Å². The molecule has 0 aromatic heterocycles. The lowest BCUT2D eigenvalue weighted by molar-refractivity contribution is -0.117. The van der Waals surface area contributed by atoms with Gasteiger partial charge in [0.25, 0.3) is 0 Å². The number of benzene rings is 1. The maximum Gasteiger partial charge on any atom is 0.218 e. The molecule has 0 heterocycles. The van der Waals surface area contributed by atoms with Crippen LogP contribution in [-0.2, 0) is 11.3 Å². The van der Waals surface area contributed by atoms with Crippen molar-refractivity contribution >= 4 is 11.7 Å². The molecule has 0 atom stereocenters. The van der Waals surface area contributed by atoms with E-state index in [4.69, 9.17) is 16.7 Å². The van der Waals surface area contributed by atoms with Gasteiger partial charge in [-0.2, -0.15) is 0 Å². The Hall–Kier alpha value is -2.08. The summed E-state index contributed by atoms with van der Waals surface area (Å²) in [4.78, 5) is 10.6. The van der Waals surface area contributed by atoms with Crippen LogP contribution >= 0.6 is 0 Å². The minimum atomic E-state index is -0.318. The number of hydrogen-bond donors (Lipinski definition) is 4. The highest BCUT2D eigenvalue weighted by atomic mass is 16.4. The largest absolute Gasteiger partial charge is 0.409 e. The number of nitrogens with two attached hydrogens (primary N) is 2. The molecule has 0 unspecified atom stereocenters. The van der Waals surface area contributed by atoms with Gasteiger partial charge < -0.3 is 22.0 Å². The molecule has 0 aliphatic carbocycles. The van der Waals surface area contributed by atoms with Gasteiger partial charge in [-0.15, -0.1) is 0 Å². The first-order valence-corrected chi connectivity index (χ1v) is 5.61. The SMILES string of the molecule is Cc1cc(/C(N)=N/O)ccc1CNCCC(N)=O. The van der Waals surface area contributed by atoms with E-state index in [1.165, 1.54) is 0 Å². The molecule has 0 saturated heterocycles. The zero-order valence-corrected chi connectivity index (χ0v) is 10.3. The summed E-state index contributed by atoms with van der Waals surface area (Å²) in [7, 11) is 0. The van der Waals surface area contributed by atoms with Crippen molar-refractivity contribution < 1.29 is 10.0 Å². The number of hydrogen-bond acceptors (Lipinski definition) is 4. The lowest BCUT2D eigenvalue weighted by atomic mass is 10.0. The van der Waals surface area contributed by atoms with Crippen LogP contribution in [-0.4, -0.2) is 23.5 Å². The second-order valence-corrected chi connectivity index (χ2v) is 4.02. The zero-order valence-electron chi connectivity index (χ0n) is 10.3. The molecule has 0 saturated carbocycles. The van der Waals surface area contributed by atoms with Gasteiger partial charge in [-0.05, 0) is 24.1 Å². The number of primary amides is 1. The Morgan fingerprint density at radius 2 is 2.17 bits per heavy atom. The highest BCUT2D eigenvalue weighted by Gasteiger charge is 2.03. The Morgan fingerprint density at radius 1 is 1.44 bits per heavy atom. The highest BCUT2D eigenvalue weighted by Crippen LogP contribution is 2.10. The quantitative estimate of drug-likeness (QED) is 0.188. The molecular weight excluding hydrogens is 232 g/mol. The summed E-state index contributed by atoms with van der Waals surface area (Å²) < 4.78 is 0. The number of amides is 1. The van der Waals surface area contributed by atoms with Crippen LogP contribution < -0.4 is 16.8 Å². The Bertz CT molecular complexity index is 457. The van der Waals surface area contributed by atoms with E-state index in [0.717, 1.165) is 11.1 Å². The predicted molar refractivity (Wildman–Crippen MR) is 69.2 cm³/mol. The van der Waals surface area contributed by atoms with Crippen LogP contribution in [0.1, 0.15) is 23.1 Å². The Balaban J connectivity index is 2.60. The van der Waals surface area contributed by atoms with Gasteiger partial charge in [-0.1, -0.05) is 17.3 Å². The lowest BCUT2D eigenvalue weighted by Gasteiger charge is -2.09. The lowest BCUT2D eigenvalue weighted by Crippen LogP contribution is -2.22. The Labute approximate surface area is 106 Å². The first kappa shape index (κ1) is 14.0. The van der Waals surface area contributed by atoms with E-state index in [0.29, 0.717) is 25.1 Å². The van der Waals surface area contributed by atoms with Crippen LogP contribution in [0.25, 0.3) is 0 Å². The molecule has 1 amide bonds. The summed E-state index contributed by atoms with van der Waals surface area (Å²) in [5, 5.41) is 14.7. The standard InChI is InChI=1S/C12H18N4O2/c1-8-6-9(12(14)16-18)2-3-10(8)7-15-5-4-11(13)17/h2-3,6,15,18H,4-5,7H2,1H3,(H2,13,17)(H2,14,16). The molecule has 0 radical (unpaired) electrons. The number of rotatable bonds is 6. The number of nitrogens with one attached hydrogen (secondary N) is 1. The molecule has 1 aromatic carbocycles. The second-order valence-electron chi connectivity index (χ2n) is 4.02. The van der Waals surface area contributed by atoms with E-state index in [2.05, 4.69) is 10.5 Å². The Morgan fingerprint density at radius 3 is 2.72 bits per heavy atom. The van der Waals surface area contributed by atoms with E-state index >= 15 is 0 Å². The van der Waals surface area contributed by atoms with Gasteiger partial charge in [0.2, 0.25) is 5.91 Å². The topological polar surface area (TPSA) is 114 Å². The van der Waals surface area contributed by atoms with Crippen molar-refractivity contribution in [3.8, 4) is 0 Å². The van der Waals surface area contributed by atoms with Gasteiger partial charge in [-0.3, -0.25) is 4.79 Å². The Kier molecular flexibility index (Phi) is 5.13. The molecule has 6 N–H and O–H groups in total. The number of amidine groups is 1. The van der Waals surface area contributed by atoms with Crippen molar-refractivity contribution in [1.29, 1.82) is 0 Å². The second kappa shape index (κ2) is 6.61. The van der Waals surface area contributed by atoms with Crippen LogP contribution in [0.4, 0.5) is 0 Å². The molecule has 0 fully saturated rings. The summed E-state index contributed by atoms with van der Waals surface area (Å²) >= 11 is 0. The maximum atomic E-state index is 10.6. The molecule has 0 aliphatic heterocycles. The average molecular weight is 250 g/mol.